The van der Waals surface area contributed by atoms with Crippen LogP contribution in [0.15, 0.2) is 59.5 Å². The molecule has 0 aliphatic carbocycles. The summed E-state index contributed by atoms with van der Waals surface area (Å²) in [6.45, 7) is 2.03. The van der Waals surface area contributed by atoms with E-state index in [1.807, 2.05) is 43.3 Å². The summed E-state index contributed by atoms with van der Waals surface area (Å²) >= 11 is 0. The molecule has 0 saturated carbocycles. The predicted octanol–water partition coefficient (Wildman–Crippen LogP) is 3.61. The van der Waals surface area contributed by atoms with Gasteiger partial charge in [0.05, 0.1) is 12.2 Å². The Kier molecular flexibility index (Phi) is 8.18. The molecule has 0 spiro atoms. The van der Waals surface area contributed by atoms with Crippen LogP contribution in [-0.4, -0.2) is 27.1 Å². The van der Waals surface area contributed by atoms with Crippen LogP contribution in [0.3, 0.4) is 0 Å². The number of esters is 1. The Morgan fingerprint density at radius 1 is 1.11 bits per heavy atom. The first-order chi connectivity index (χ1) is 13.5. The van der Waals surface area contributed by atoms with E-state index in [1.165, 1.54) is 18.2 Å². The lowest BCUT2D eigenvalue weighted by Gasteiger charge is -2.17. The fraction of sp³-hybridized carbons (Fsp3) is 0.333. The molecule has 148 valence electrons. The number of carbonyl (C=O) groups excluding carboxylic acids is 1. The standard InChI is InChI=1S/C21H23NO5S/c1-2-15-26-21(23)19(13-8-11-17-9-4-3-5-10-17)27-28(24,25)20-14-7-6-12-18(20)16-22/h3-7,9-10,12,14,19H,2,8,11,13,15H2,1H3/t19-/m1/s1. The van der Waals surface area contributed by atoms with Crippen LogP contribution in [0.2, 0.25) is 0 Å². The number of nitrogens with zero attached hydrogens (tertiary/aromatic N) is 1. The van der Waals surface area contributed by atoms with Gasteiger partial charge in [0.25, 0.3) is 10.1 Å². The lowest BCUT2D eigenvalue weighted by atomic mass is 10.1. The SMILES string of the molecule is CCCOC(=O)[C@@H](CCCc1ccccc1)OS(=O)(=O)c1ccccc1C#N. The van der Waals surface area contributed by atoms with Gasteiger partial charge in [-0.2, -0.15) is 13.7 Å². The van der Waals surface area contributed by atoms with Crippen molar-refractivity contribution < 1.29 is 22.1 Å². The van der Waals surface area contributed by atoms with Crippen LogP contribution in [-0.2, 0) is 30.3 Å². The van der Waals surface area contributed by atoms with E-state index < -0.39 is 22.2 Å². The monoisotopic (exact) mass is 401 g/mol. The zero-order valence-corrected chi connectivity index (χ0v) is 16.5. The van der Waals surface area contributed by atoms with Crippen LogP contribution in [0.4, 0.5) is 0 Å². The smallest absolute Gasteiger partial charge is 0.336 e. The Balaban J connectivity index is 2.14. The highest BCUT2D eigenvalue weighted by atomic mass is 32.2. The highest BCUT2D eigenvalue weighted by molar-refractivity contribution is 7.86. The van der Waals surface area contributed by atoms with E-state index in [0.717, 1.165) is 5.56 Å². The summed E-state index contributed by atoms with van der Waals surface area (Å²) < 4.78 is 35.6. The van der Waals surface area contributed by atoms with Crippen LogP contribution in [0.1, 0.15) is 37.3 Å². The zero-order chi connectivity index (χ0) is 20.4. The lowest BCUT2D eigenvalue weighted by molar-refractivity contribution is -0.152. The second-order valence-electron chi connectivity index (χ2n) is 6.19. The number of nitriles is 1. The van der Waals surface area contributed by atoms with Gasteiger partial charge in [-0.1, -0.05) is 49.4 Å². The molecular formula is C21H23NO5S. The molecule has 0 fully saturated rings. The molecule has 0 aromatic heterocycles. The third-order valence-corrected chi connectivity index (χ3v) is 5.39. The van der Waals surface area contributed by atoms with E-state index >= 15 is 0 Å². The summed E-state index contributed by atoms with van der Waals surface area (Å²) in [6.07, 6.45) is 0.770. The minimum absolute atomic E-state index is 0.0348. The number of ether oxygens (including phenoxy) is 1. The predicted molar refractivity (Wildman–Crippen MR) is 104 cm³/mol. The highest BCUT2D eigenvalue weighted by Gasteiger charge is 2.30. The van der Waals surface area contributed by atoms with Crippen molar-refractivity contribution in [1.82, 2.24) is 0 Å². The Labute approximate surface area is 165 Å². The summed E-state index contributed by atoms with van der Waals surface area (Å²) in [5.74, 6) is -0.715. The van der Waals surface area contributed by atoms with Crippen molar-refractivity contribution in [2.45, 2.75) is 43.6 Å². The summed E-state index contributed by atoms with van der Waals surface area (Å²) in [5.41, 5.74) is 1.05. The summed E-state index contributed by atoms with van der Waals surface area (Å²) in [7, 11) is -4.29. The van der Waals surface area contributed by atoms with Gasteiger partial charge in [0.15, 0.2) is 6.10 Å². The molecule has 0 saturated heterocycles. The molecule has 2 aromatic rings. The summed E-state index contributed by atoms with van der Waals surface area (Å²) in [6, 6.07) is 17.2. The average molecular weight is 401 g/mol. The number of hydrogen-bond acceptors (Lipinski definition) is 6. The molecule has 0 unspecified atom stereocenters. The van der Waals surface area contributed by atoms with Crippen LogP contribution in [0, 0.1) is 11.3 Å². The molecule has 28 heavy (non-hydrogen) atoms. The third-order valence-electron chi connectivity index (χ3n) is 4.01. The molecule has 2 rings (SSSR count). The van der Waals surface area contributed by atoms with Crippen molar-refractivity contribution >= 4 is 16.1 Å². The van der Waals surface area contributed by atoms with E-state index in [2.05, 4.69) is 0 Å². The number of carbonyl (C=O) groups is 1. The molecule has 0 aliphatic rings. The number of hydrogen-bond donors (Lipinski definition) is 0. The van der Waals surface area contributed by atoms with E-state index in [4.69, 9.17) is 14.2 Å². The van der Waals surface area contributed by atoms with Gasteiger partial charge in [-0.25, -0.2) is 4.79 Å². The second-order valence-corrected chi connectivity index (χ2v) is 7.73. The average Bonchev–Trinajstić information content (AvgIpc) is 2.71. The molecular weight excluding hydrogens is 378 g/mol. The van der Waals surface area contributed by atoms with Gasteiger partial charge in [-0.15, -0.1) is 0 Å². The fourth-order valence-corrected chi connectivity index (χ4v) is 3.83. The maximum Gasteiger partial charge on any atom is 0.336 e. The molecule has 2 aromatic carbocycles. The third kappa shape index (κ3) is 6.19. The van der Waals surface area contributed by atoms with E-state index in [-0.39, 0.29) is 23.5 Å². The van der Waals surface area contributed by atoms with E-state index in [0.29, 0.717) is 19.3 Å². The van der Waals surface area contributed by atoms with Gasteiger partial charge >= 0.3 is 5.97 Å². The topological polar surface area (TPSA) is 93.5 Å². The van der Waals surface area contributed by atoms with Crippen molar-refractivity contribution in [3.63, 3.8) is 0 Å². The Bertz CT molecular complexity index is 919. The van der Waals surface area contributed by atoms with Crippen LogP contribution >= 0.6 is 0 Å². The van der Waals surface area contributed by atoms with Crippen molar-refractivity contribution in [2.24, 2.45) is 0 Å². The largest absolute Gasteiger partial charge is 0.464 e. The van der Waals surface area contributed by atoms with Crippen LogP contribution in [0.5, 0.6) is 0 Å². The van der Waals surface area contributed by atoms with Crippen LogP contribution < -0.4 is 0 Å². The van der Waals surface area contributed by atoms with Crippen molar-refractivity contribution in [2.75, 3.05) is 6.61 Å². The Hall–Kier alpha value is -2.69. The van der Waals surface area contributed by atoms with E-state index in [1.54, 1.807) is 6.07 Å². The van der Waals surface area contributed by atoms with Gasteiger partial charge in [-0.05, 0) is 43.4 Å². The molecule has 0 N–H and O–H groups in total. The molecule has 7 heteroatoms. The van der Waals surface area contributed by atoms with Crippen molar-refractivity contribution in [3.05, 3.63) is 65.7 Å². The van der Waals surface area contributed by atoms with Gasteiger partial charge in [0.2, 0.25) is 0 Å². The maximum atomic E-state index is 12.7. The lowest BCUT2D eigenvalue weighted by Crippen LogP contribution is -2.30. The first-order valence-electron chi connectivity index (χ1n) is 9.11. The highest BCUT2D eigenvalue weighted by Crippen LogP contribution is 2.21. The minimum atomic E-state index is -4.29. The number of aryl methyl sites for hydroxylation is 1. The Morgan fingerprint density at radius 2 is 1.79 bits per heavy atom. The molecule has 0 heterocycles. The van der Waals surface area contributed by atoms with Gasteiger partial charge in [0, 0.05) is 0 Å². The first kappa shape index (κ1) is 21.6. The molecule has 0 amide bonds. The number of benzene rings is 2. The molecule has 1 atom stereocenters. The van der Waals surface area contributed by atoms with Gasteiger partial charge in [-0.3, -0.25) is 4.18 Å². The quantitative estimate of drug-likeness (QED) is 0.446. The first-order valence-corrected chi connectivity index (χ1v) is 10.5. The number of rotatable bonds is 10. The van der Waals surface area contributed by atoms with E-state index in [9.17, 15) is 13.2 Å². The summed E-state index contributed by atoms with van der Waals surface area (Å²) in [4.78, 5) is 12.1. The Morgan fingerprint density at radius 3 is 2.46 bits per heavy atom. The molecule has 0 radical (unpaired) electrons. The normalized spacial score (nSPS) is 12.1. The minimum Gasteiger partial charge on any atom is -0.464 e. The van der Waals surface area contributed by atoms with Gasteiger partial charge < -0.3 is 4.74 Å². The molecule has 0 bridgehead atoms. The maximum absolute atomic E-state index is 12.7. The second kappa shape index (κ2) is 10.6. The molecule has 0 aliphatic heterocycles. The van der Waals surface area contributed by atoms with Crippen LogP contribution in [0.25, 0.3) is 0 Å². The molecule has 6 nitrogen and oxygen atoms in total. The summed E-state index contributed by atoms with van der Waals surface area (Å²) in [5, 5.41) is 9.15. The van der Waals surface area contributed by atoms with Gasteiger partial charge in [0.1, 0.15) is 11.0 Å². The van der Waals surface area contributed by atoms with Crippen molar-refractivity contribution in [1.29, 1.82) is 5.26 Å². The zero-order valence-electron chi connectivity index (χ0n) is 15.7. The van der Waals surface area contributed by atoms with Crippen molar-refractivity contribution in [3.8, 4) is 6.07 Å². The fourth-order valence-electron chi connectivity index (χ4n) is 2.62.